The number of hydrogen-bond acceptors (Lipinski definition) is 2. The summed E-state index contributed by atoms with van der Waals surface area (Å²) in [5.41, 5.74) is -0.482. The third kappa shape index (κ3) is 5.08. The van der Waals surface area contributed by atoms with Crippen LogP contribution in [0.15, 0.2) is 24.3 Å². The summed E-state index contributed by atoms with van der Waals surface area (Å²) in [6.45, 7) is 1.96. The number of nitrogens with zero attached hydrogens (tertiary/aromatic N) is 1. The number of hydrogen-bond donors (Lipinski definition) is 2. The summed E-state index contributed by atoms with van der Waals surface area (Å²) in [4.78, 5) is 13.1. The molecule has 0 spiro atoms. The summed E-state index contributed by atoms with van der Waals surface area (Å²) >= 11 is 0. The van der Waals surface area contributed by atoms with Crippen molar-refractivity contribution in [1.29, 1.82) is 0 Å². The van der Waals surface area contributed by atoms with Crippen molar-refractivity contribution >= 4 is 11.7 Å². The lowest BCUT2D eigenvalue weighted by atomic mass is 10.2. The van der Waals surface area contributed by atoms with E-state index in [0.29, 0.717) is 13.0 Å². The number of anilines is 1. The van der Waals surface area contributed by atoms with Gasteiger partial charge in [-0.1, -0.05) is 0 Å². The largest absolute Gasteiger partial charge is 0.416 e. The third-order valence-electron chi connectivity index (χ3n) is 2.69. The average molecular weight is 290 g/mol. The monoisotopic (exact) mass is 290 g/mol. The molecule has 0 aliphatic carbocycles. The number of urea groups is 1. The molecule has 0 heterocycles. The zero-order valence-corrected chi connectivity index (χ0v) is 11.2. The van der Waals surface area contributed by atoms with E-state index in [1.54, 1.807) is 14.0 Å². The molecule has 0 radical (unpaired) electrons. The van der Waals surface area contributed by atoms with Gasteiger partial charge >= 0.3 is 12.2 Å². The Bertz CT molecular complexity index is 444. The van der Waals surface area contributed by atoms with Crippen molar-refractivity contribution in [2.75, 3.05) is 18.9 Å². The summed E-state index contributed by atoms with van der Waals surface area (Å²) in [6.07, 6.45) is -4.48. The molecular weight excluding hydrogens is 273 g/mol. The highest BCUT2D eigenvalue weighted by Gasteiger charge is 2.30. The van der Waals surface area contributed by atoms with E-state index in [2.05, 4.69) is 5.32 Å². The zero-order valence-electron chi connectivity index (χ0n) is 11.2. The number of halogens is 3. The normalized spacial score (nSPS) is 12.9. The first-order valence-corrected chi connectivity index (χ1v) is 6.07. The molecule has 0 aliphatic heterocycles. The summed E-state index contributed by atoms with van der Waals surface area (Å²) < 4.78 is 37.1. The molecule has 2 N–H and O–H groups in total. The van der Waals surface area contributed by atoms with E-state index >= 15 is 0 Å². The number of carbonyl (C=O) groups is 1. The first kappa shape index (κ1) is 16.3. The van der Waals surface area contributed by atoms with Crippen LogP contribution in [0.5, 0.6) is 0 Å². The fraction of sp³-hybridized carbons (Fsp3) is 0.462. The average Bonchev–Trinajstić information content (AvgIpc) is 2.35. The van der Waals surface area contributed by atoms with Gasteiger partial charge in [0.2, 0.25) is 0 Å². The number of benzene rings is 1. The van der Waals surface area contributed by atoms with E-state index in [0.717, 1.165) is 12.1 Å². The first-order chi connectivity index (χ1) is 9.20. The Kier molecular flexibility index (Phi) is 5.38. The van der Waals surface area contributed by atoms with E-state index < -0.39 is 23.9 Å². The molecule has 0 bridgehead atoms. The van der Waals surface area contributed by atoms with Gasteiger partial charge < -0.3 is 15.3 Å². The van der Waals surface area contributed by atoms with Crippen molar-refractivity contribution < 1.29 is 23.1 Å². The summed E-state index contributed by atoms with van der Waals surface area (Å²) in [6, 6.07) is 3.77. The van der Waals surface area contributed by atoms with Crippen LogP contribution in [0.1, 0.15) is 18.9 Å². The SMILES string of the molecule is CC(O)CCN(C)C(=O)Nc1ccc(C(F)(F)F)cc1. The molecule has 0 saturated carbocycles. The predicted molar refractivity (Wildman–Crippen MR) is 69.4 cm³/mol. The quantitative estimate of drug-likeness (QED) is 0.895. The van der Waals surface area contributed by atoms with Crippen LogP contribution in [0, 0.1) is 0 Å². The number of amides is 2. The smallest absolute Gasteiger partial charge is 0.393 e. The van der Waals surface area contributed by atoms with Gasteiger partial charge in [0.05, 0.1) is 11.7 Å². The van der Waals surface area contributed by atoms with Gasteiger partial charge in [-0.2, -0.15) is 13.2 Å². The molecule has 4 nitrogen and oxygen atoms in total. The van der Waals surface area contributed by atoms with Crippen LogP contribution in [0.4, 0.5) is 23.7 Å². The number of rotatable bonds is 4. The van der Waals surface area contributed by atoms with Gasteiger partial charge in [-0.3, -0.25) is 0 Å². The van der Waals surface area contributed by atoms with Gasteiger partial charge in [-0.15, -0.1) is 0 Å². The fourth-order valence-electron chi connectivity index (χ4n) is 1.44. The van der Waals surface area contributed by atoms with Gasteiger partial charge in [0, 0.05) is 19.3 Å². The van der Waals surface area contributed by atoms with Crippen molar-refractivity contribution in [3.63, 3.8) is 0 Å². The highest BCUT2D eigenvalue weighted by molar-refractivity contribution is 5.89. The molecule has 2 amide bonds. The van der Waals surface area contributed by atoms with Crippen LogP contribution in [0.2, 0.25) is 0 Å². The maximum absolute atomic E-state index is 12.4. The molecule has 7 heteroatoms. The summed E-state index contributed by atoms with van der Waals surface area (Å²) in [5.74, 6) is 0. The van der Waals surface area contributed by atoms with Crippen molar-refractivity contribution in [1.82, 2.24) is 4.90 Å². The zero-order chi connectivity index (χ0) is 15.3. The van der Waals surface area contributed by atoms with E-state index in [4.69, 9.17) is 5.11 Å². The molecular formula is C13H17F3N2O2. The maximum atomic E-state index is 12.4. The van der Waals surface area contributed by atoms with E-state index in [9.17, 15) is 18.0 Å². The minimum atomic E-state index is -4.39. The summed E-state index contributed by atoms with van der Waals surface area (Å²) in [7, 11) is 1.54. The third-order valence-corrected chi connectivity index (χ3v) is 2.69. The molecule has 1 atom stereocenters. The topological polar surface area (TPSA) is 52.6 Å². The molecule has 1 unspecified atom stereocenters. The van der Waals surface area contributed by atoms with Crippen LogP contribution in [-0.2, 0) is 6.18 Å². The number of carbonyl (C=O) groups excluding carboxylic acids is 1. The Morgan fingerprint density at radius 2 is 1.90 bits per heavy atom. The lowest BCUT2D eigenvalue weighted by molar-refractivity contribution is -0.137. The van der Waals surface area contributed by atoms with Gasteiger partial charge in [0.1, 0.15) is 0 Å². The van der Waals surface area contributed by atoms with Crippen LogP contribution in [0.25, 0.3) is 0 Å². The number of aliphatic hydroxyl groups excluding tert-OH is 1. The van der Waals surface area contributed by atoms with E-state index in [-0.39, 0.29) is 5.69 Å². The maximum Gasteiger partial charge on any atom is 0.416 e. The molecule has 20 heavy (non-hydrogen) atoms. The molecule has 0 fully saturated rings. The molecule has 1 aromatic carbocycles. The fourth-order valence-corrected chi connectivity index (χ4v) is 1.44. The molecule has 112 valence electrons. The van der Waals surface area contributed by atoms with Crippen molar-refractivity contribution in [2.24, 2.45) is 0 Å². The Morgan fingerprint density at radius 1 is 1.35 bits per heavy atom. The molecule has 1 aromatic rings. The minimum absolute atomic E-state index is 0.284. The Balaban J connectivity index is 2.58. The lowest BCUT2D eigenvalue weighted by Gasteiger charge is -2.18. The van der Waals surface area contributed by atoms with Crippen molar-refractivity contribution in [3.8, 4) is 0 Å². The predicted octanol–water partition coefficient (Wildman–Crippen LogP) is 2.94. The first-order valence-electron chi connectivity index (χ1n) is 6.07. The molecule has 0 aliphatic rings. The van der Waals surface area contributed by atoms with E-state index in [1.165, 1.54) is 17.0 Å². The highest BCUT2D eigenvalue weighted by Crippen LogP contribution is 2.29. The Hall–Kier alpha value is -1.76. The van der Waals surface area contributed by atoms with Gasteiger partial charge in [-0.25, -0.2) is 4.79 Å². The molecule has 0 aromatic heterocycles. The second kappa shape index (κ2) is 6.60. The van der Waals surface area contributed by atoms with Crippen LogP contribution in [-0.4, -0.2) is 35.7 Å². The van der Waals surface area contributed by atoms with Gasteiger partial charge in [-0.05, 0) is 37.6 Å². The van der Waals surface area contributed by atoms with Crippen LogP contribution in [0.3, 0.4) is 0 Å². The minimum Gasteiger partial charge on any atom is -0.393 e. The second-order valence-electron chi connectivity index (χ2n) is 4.56. The number of aliphatic hydroxyl groups is 1. The number of nitrogens with one attached hydrogen (secondary N) is 1. The van der Waals surface area contributed by atoms with Crippen LogP contribution >= 0.6 is 0 Å². The number of alkyl halides is 3. The highest BCUT2D eigenvalue weighted by atomic mass is 19.4. The Labute approximate surface area is 115 Å². The van der Waals surface area contributed by atoms with Crippen LogP contribution < -0.4 is 5.32 Å². The van der Waals surface area contributed by atoms with Crippen molar-refractivity contribution in [2.45, 2.75) is 25.6 Å². The lowest BCUT2D eigenvalue weighted by Crippen LogP contribution is -2.33. The summed E-state index contributed by atoms with van der Waals surface area (Å²) in [5, 5.41) is 11.6. The Morgan fingerprint density at radius 3 is 2.35 bits per heavy atom. The van der Waals surface area contributed by atoms with Gasteiger partial charge in [0.15, 0.2) is 0 Å². The molecule has 0 saturated heterocycles. The van der Waals surface area contributed by atoms with E-state index in [1.807, 2.05) is 0 Å². The second-order valence-corrected chi connectivity index (χ2v) is 4.56. The van der Waals surface area contributed by atoms with Crippen molar-refractivity contribution in [3.05, 3.63) is 29.8 Å². The molecule has 1 rings (SSSR count). The van der Waals surface area contributed by atoms with Gasteiger partial charge in [0.25, 0.3) is 0 Å². The standard InChI is InChI=1S/C13H17F3N2O2/c1-9(19)7-8-18(2)12(20)17-11-5-3-10(4-6-11)13(14,15)16/h3-6,9,19H,7-8H2,1-2H3,(H,17,20).